The van der Waals surface area contributed by atoms with Crippen molar-refractivity contribution in [2.24, 2.45) is 5.92 Å². The Kier molecular flexibility index (Phi) is 2.82. The standard InChI is InChI=1S/C14H16O2/c1-9-4-3-5-11-8-13(14(15)16)10(2)6-7-12(9)11/h3-5,8,10H,6-7H2,1-2H3,(H,15,16). The number of carboxylic acid groups (broad SMARTS) is 1. The molecule has 0 fully saturated rings. The monoisotopic (exact) mass is 216 g/mol. The van der Waals surface area contributed by atoms with E-state index in [0.29, 0.717) is 5.57 Å². The molecule has 1 aromatic carbocycles. The van der Waals surface area contributed by atoms with Gasteiger partial charge >= 0.3 is 5.97 Å². The smallest absolute Gasteiger partial charge is 0.331 e. The molecule has 1 aliphatic rings. The lowest BCUT2D eigenvalue weighted by atomic mass is 9.96. The Morgan fingerprint density at radius 3 is 2.88 bits per heavy atom. The Labute approximate surface area is 95.6 Å². The van der Waals surface area contributed by atoms with Crippen molar-refractivity contribution < 1.29 is 9.90 Å². The zero-order chi connectivity index (χ0) is 11.7. The first-order valence-corrected chi connectivity index (χ1v) is 5.63. The van der Waals surface area contributed by atoms with Crippen LogP contribution in [0.5, 0.6) is 0 Å². The van der Waals surface area contributed by atoms with Gasteiger partial charge in [-0.25, -0.2) is 4.79 Å². The number of rotatable bonds is 1. The van der Waals surface area contributed by atoms with Crippen molar-refractivity contribution >= 4 is 12.0 Å². The average molecular weight is 216 g/mol. The van der Waals surface area contributed by atoms with Gasteiger partial charge in [0.2, 0.25) is 0 Å². The molecule has 0 amide bonds. The minimum absolute atomic E-state index is 0.129. The van der Waals surface area contributed by atoms with Crippen molar-refractivity contribution in [3.05, 3.63) is 40.5 Å². The number of aryl methyl sites for hydroxylation is 1. The van der Waals surface area contributed by atoms with E-state index in [-0.39, 0.29) is 5.92 Å². The number of fused-ring (bicyclic) bond motifs is 1. The fourth-order valence-electron chi connectivity index (χ4n) is 2.30. The first-order valence-electron chi connectivity index (χ1n) is 5.63. The Bertz CT molecular complexity index is 458. The van der Waals surface area contributed by atoms with Crippen molar-refractivity contribution in [1.82, 2.24) is 0 Å². The summed E-state index contributed by atoms with van der Waals surface area (Å²) in [5, 5.41) is 9.16. The lowest BCUT2D eigenvalue weighted by Gasteiger charge is -2.09. The molecule has 0 saturated carbocycles. The molecular weight excluding hydrogens is 200 g/mol. The molecule has 1 aliphatic carbocycles. The quantitative estimate of drug-likeness (QED) is 0.783. The summed E-state index contributed by atoms with van der Waals surface area (Å²) in [5.74, 6) is -0.661. The molecule has 0 spiro atoms. The summed E-state index contributed by atoms with van der Waals surface area (Å²) < 4.78 is 0. The number of carboxylic acids is 1. The minimum Gasteiger partial charge on any atom is -0.478 e. The van der Waals surface area contributed by atoms with Crippen LogP contribution in [0.1, 0.15) is 30.0 Å². The third-order valence-corrected chi connectivity index (χ3v) is 3.36. The number of benzene rings is 1. The van der Waals surface area contributed by atoms with Crippen LogP contribution in [0.3, 0.4) is 0 Å². The predicted octanol–water partition coefficient (Wildman–Crippen LogP) is 3.05. The van der Waals surface area contributed by atoms with Gasteiger partial charge in [0.15, 0.2) is 0 Å². The molecule has 0 bridgehead atoms. The van der Waals surface area contributed by atoms with Gasteiger partial charge in [0.05, 0.1) is 0 Å². The van der Waals surface area contributed by atoms with Crippen molar-refractivity contribution in [1.29, 1.82) is 0 Å². The van der Waals surface area contributed by atoms with Crippen LogP contribution in [-0.4, -0.2) is 11.1 Å². The molecule has 16 heavy (non-hydrogen) atoms. The number of hydrogen-bond donors (Lipinski definition) is 1. The normalized spacial score (nSPS) is 19.6. The number of aliphatic carboxylic acids is 1. The minimum atomic E-state index is -0.790. The van der Waals surface area contributed by atoms with Crippen LogP contribution in [0.2, 0.25) is 0 Å². The highest BCUT2D eigenvalue weighted by atomic mass is 16.4. The van der Waals surface area contributed by atoms with E-state index < -0.39 is 5.97 Å². The van der Waals surface area contributed by atoms with Crippen LogP contribution in [-0.2, 0) is 11.2 Å². The zero-order valence-corrected chi connectivity index (χ0v) is 9.66. The van der Waals surface area contributed by atoms with Crippen LogP contribution in [0.4, 0.5) is 0 Å². The summed E-state index contributed by atoms with van der Waals surface area (Å²) in [7, 11) is 0. The van der Waals surface area contributed by atoms with Crippen LogP contribution in [0.25, 0.3) is 6.08 Å². The van der Waals surface area contributed by atoms with Gasteiger partial charge in [-0.05, 0) is 48.4 Å². The first kappa shape index (κ1) is 10.9. The summed E-state index contributed by atoms with van der Waals surface area (Å²) in [5.41, 5.74) is 4.16. The van der Waals surface area contributed by atoms with E-state index in [4.69, 9.17) is 5.11 Å². The second-order valence-electron chi connectivity index (χ2n) is 4.49. The van der Waals surface area contributed by atoms with Crippen LogP contribution in [0, 0.1) is 12.8 Å². The molecule has 2 rings (SSSR count). The van der Waals surface area contributed by atoms with E-state index in [0.717, 1.165) is 18.4 Å². The molecule has 0 heterocycles. The Balaban J connectivity index is 2.54. The third-order valence-electron chi connectivity index (χ3n) is 3.36. The molecule has 0 saturated heterocycles. The third kappa shape index (κ3) is 1.87. The number of carbonyl (C=O) groups is 1. The van der Waals surface area contributed by atoms with E-state index in [2.05, 4.69) is 13.0 Å². The molecular formula is C14H16O2. The highest BCUT2D eigenvalue weighted by Crippen LogP contribution is 2.29. The molecule has 0 aromatic heterocycles. The second-order valence-corrected chi connectivity index (χ2v) is 4.49. The van der Waals surface area contributed by atoms with E-state index >= 15 is 0 Å². The second kappa shape index (κ2) is 4.12. The summed E-state index contributed by atoms with van der Waals surface area (Å²) in [6, 6.07) is 6.08. The fourth-order valence-corrected chi connectivity index (χ4v) is 2.30. The maximum absolute atomic E-state index is 11.1. The zero-order valence-electron chi connectivity index (χ0n) is 9.66. The van der Waals surface area contributed by atoms with Gasteiger partial charge in [0.25, 0.3) is 0 Å². The number of hydrogen-bond acceptors (Lipinski definition) is 1. The van der Waals surface area contributed by atoms with Gasteiger partial charge < -0.3 is 5.11 Å². The molecule has 1 N–H and O–H groups in total. The average Bonchev–Trinajstić information content (AvgIpc) is 2.39. The van der Waals surface area contributed by atoms with Crippen LogP contribution in [0.15, 0.2) is 23.8 Å². The molecule has 84 valence electrons. The first-order chi connectivity index (χ1) is 7.59. The van der Waals surface area contributed by atoms with Crippen LogP contribution < -0.4 is 0 Å². The molecule has 1 atom stereocenters. The van der Waals surface area contributed by atoms with Gasteiger partial charge in [-0.15, -0.1) is 0 Å². The SMILES string of the molecule is Cc1cccc2c1CCC(C)C(C(=O)O)=C2. The highest BCUT2D eigenvalue weighted by Gasteiger charge is 2.20. The molecule has 2 nitrogen and oxygen atoms in total. The lowest BCUT2D eigenvalue weighted by Crippen LogP contribution is -2.08. The van der Waals surface area contributed by atoms with Gasteiger partial charge in [0.1, 0.15) is 0 Å². The van der Waals surface area contributed by atoms with Crippen molar-refractivity contribution in [2.75, 3.05) is 0 Å². The van der Waals surface area contributed by atoms with E-state index in [1.54, 1.807) is 0 Å². The Morgan fingerprint density at radius 1 is 1.44 bits per heavy atom. The fraction of sp³-hybridized carbons (Fsp3) is 0.357. The molecule has 1 aromatic rings. The van der Waals surface area contributed by atoms with E-state index in [9.17, 15) is 4.79 Å². The molecule has 0 aliphatic heterocycles. The largest absolute Gasteiger partial charge is 0.478 e. The maximum Gasteiger partial charge on any atom is 0.331 e. The van der Waals surface area contributed by atoms with Crippen molar-refractivity contribution in [3.63, 3.8) is 0 Å². The van der Waals surface area contributed by atoms with Gasteiger partial charge in [-0.2, -0.15) is 0 Å². The summed E-state index contributed by atoms with van der Waals surface area (Å²) in [6.45, 7) is 4.07. The summed E-state index contributed by atoms with van der Waals surface area (Å²) in [4.78, 5) is 11.1. The van der Waals surface area contributed by atoms with Gasteiger partial charge in [0, 0.05) is 5.57 Å². The topological polar surface area (TPSA) is 37.3 Å². The Morgan fingerprint density at radius 2 is 2.19 bits per heavy atom. The summed E-state index contributed by atoms with van der Waals surface area (Å²) in [6.07, 6.45) is 3.72. The Hall–Kier alpha value is -1.57. The van der Waals surface area contributed by atoms with Crippen LogP contribution >= 0.6 is 0 Å². The summed E-state index contributed by atoms with van der Waals surface area (Å²) >= 11 is 0. The van der Waals surface area contributed by atoms with Gasteiger partial charge in [-0.3, -0.25) is 0 Å². The van der Waals surface area contributed by atoms with Gasteiger partial charge in [-0.1, -0.05) is 25.1 Å². The highest BCUT2D eigenvalue weighted by molar-refractivity contribution is 5.93. The van der Waals surface area contributed by atoms with Crippen molar-refractivity contribution in [2.45, 2.75) is 26.7 Å². The lowest BCUT2D eigenvalue weighted by molar-refractivity contribution is -0.133. The van der Waals surface area contributed by atoms with E-state index in [1.807, 2.05) is 25.1 Å². The van der Waals surface area contributed by atoms with E-state index in [1.165, 1.54) is 11.1 Å². The van der Waals surface area contributed by atoms with Crippen molar-refractivity contribution in [3.8, 4) is 0 Å². The molecule has 1 unspecified atom stereocenters. The maximum atomic E-state index is 11.1. The molecule has 0 radical (unpaired) electrons. The predicted molar refractivity (Wildman–Crippen MR) is 64.3 cm³/mol. The molecule has 2 heteroatoms.